The van der Waals surface area contributed by atoms with Crippen molar-refractivity contribution in [3.8, 4) is 22.3 Å². The Hall–Kier alpha value is -7.16. The highest BCUT2D eigenvalue weighted by Gasteiger charge is 2.19. The summed E-state index contributed by atoms with van der Waals surface area (Å²) < 4.78 is 6.59. The van der Waals surface area contributed by atoms with E-state index in [4.69, 9.17) is 4.42 Å². The minimum atomic E-state index is 0.900. The second-order valence-electron chi connectivity index (χ2n) is 15.5. The summed E-state index contributed by atoms with van der Waals surface area (Å²) in [7, 11) is 0. The van der Waals surface area contributed by atoms with Crippen LogP contribution in [0.15, 0.2) is 199 Å². The smallest absolute Gasteiger partial charge is 0.143 e. The average Bonchev–Trinajstić information content (AvgIpc) is 3.70. The minimum absolute atomic E-state index is 0.900. The third-order valence-corrected chi connectivity index (χ3v) is 12.0. The van der Waals surface area contributed by atoms with Gasteiger partial charge in [-0.05, 0) is 141 Å². The molecule has 0 bridgehead atoms. The lowest BCUT2D eigenvalue weighted by Gasteiger charge is -2.26. The van der Waals surface area contributed by atoms with Crippen molar-refractivity contribution in [2.24, 2.45) is 0 Å². The lowest BCUT2D eigenvalue weighted by molar-refractivity contribution is 0.673. The molecule has 1 aromatic heterocycles. The third kappa shape index (κ3) is 6.15. The van der Waals surface area contributed by atoms with E-state index in [9.17, 15) is 0 Å². The van der Waals surface area contributed by atoms with Crippen molar-refractivity contribution in [2.75, 3.05) is 4.90 Å². The molecule has 0 N–H and O–H groups in total. The zero-order valence-corrected chi connectivity index (χ0v) is 32.2. The molecule has 58 heavy (non-hydrogen) atoms. The number of aryl methyl sites for hydroxylation is 1. The highest BCUT2D eigenvalue weighted by molar-refractivity contribution is 6.19. The van der Waals surface area contributed by atoms with Crippen LogP contribution in [0.4, 0.5) is 17.1 Å². The minimum Gasteiger partial charge on any atom is -0.455 e. The van der Waals surface area contributed by atoms with E-state index in [-0.39, 0.29) is 0 Å². The highest BCUT2D eigenvalue weighted by Crippen LogP contribution is 2.43. The summed E-state index contributed by atoms with van der Waals surface area (Å²) in [5.41, 5.74) is 17.9. The van der Waals surface area contributed by atoms with Crippen LogP contribution in [0.3, 0.4) is 0 Å². The van der Waals surface area contributed by atoms with Gasteiger partial charge in [-0.3, -0.25) is 0 Å². The van der Waals surface area contributed by atoms with E-state index in [1.807, 2.05) is 0 Å². The molecule has 0 atom stereocenters. The molecule has 2 heteroatoms. The Balaban J connectivity index is 0.990. The van der Waals surface area contributed by atoms with E-state index in [2.05, 4.69) is 205 Å². The van der Waals surface area contributed by atoms with E-state index >= 15 is 0 Å². The van der Waals surface area contributed by atoms with Crippen molar-refractivity contribution in [2.45, 2.75) is 25.7 Å². The van der Waals surface area contributed by atoms with E-state index in [1.54, 1.807) is 0 Å². The molecule has 0 saturated heterocycles. The second-order valence-corrected chi connectivity index (χ2v) is 15.5. The Morgan fingerprint density at radius 3 is 2.10 bits per heavy atom. The van der Waals surface area contributed by atoms with Gasteiger partial charge in [-0.15, -0.1) is 0 Å². The summed E-state index contributed by atoms with van der Waals surface area (Å²) in [5, 5.41) is 4.60. The molecule has 1 heterocycles. The number of hydrogen-bond donors (Lipinski definition) is 0. The van der Waals surface area contributed by atoms with Crippen LogP contribution < -0.4 is 4.90 Å². The van der Waals surface area contributed by atoms with Crippen LogP contribution in [0.5, 0.6) is 0 Å². The molecule has 0 aliphatic heterocycles. The number of fused-ring (bicyclic) bond motifs is 6. The van der Waals surface area contributed by atoms with E-state index in [0.717, 1.165) is 81.2 Å². The standard InChI is InChI=1S/C56H41NO/c1-2-11-38(12-3-1)40-25-30-48(31-26-40)57(49-32-27-41(28-33-49)44-16-8-17-45(35-44)46-24-23-39-13-4-5-15-43(39)36-46)50-19-9-18-47(37-50)51-21-10-22-54-55(51)53-34-29-42-14-6-7-20-52(42)56(53)58-54/h2,4-22,25-37H,1,3,23-24H2. The van der Waals surface area contributed by atoms with Gasteiger partial charge in [0.25, 0.3) is 0 Å². The van der Waals surface area contributed by atoms with Gasteiger partial charge in [0.05, 0.1) is 0 Å². The molecule has 0 unspecified atom stereocenters. The van der Waals surface area contributed by atoms with E-state index < -0.39 is 0 Å². The number of allylic oxidation sites excluding steroid dienone is 5. The van der Waals surface area contributed by atoms with Crippen molar-refractivity contribution in [1.29, 1.82) is 0 Å². The summed E-state index contributed by atoms with van der Waals surface area (Å²) in [6.45, 7) is 0. The zero-order valence-electron chi connectivity index (χ0n) is 32.2. The maximum absolute atomic E-state index is 6.59. The Morgan fingerprint density at radius 2 is 1.24 bits per heavy atom. The normalized spacial score (nSPS) is 13.7. The number of benzene rings is 8. The maximum atomic E-state index is 6.59. The fourth-order valence-corrected chi connectivity index (χ4v) is 9.05. The third-order valence-electron chi connectivity index (χ3n) is 12.0. The van der Waals surface area contributed by atoms with Crippen LogP contribution in [0.2, 0.25) is 0 Å². The Kier molecular flexibility index (Phi) is 8.47. The van der Waals surface area contributed by atoms with Crippen molar-refractivity contribution in [3.63, 3.8) is 0 Å². The first kappa shape index (κ1) is 34.1. The van der Waals surface area contributed by atoms with Gasteiger partial charge >= 0.3 is 0 Å². The molecule has 276 valence electrons. The van der Waals surface area contributed by atoms with Gasteiger partial charge in [0.15, 0.2) is 0 Å². The van der Waals surface area contributed by atoms with Crippen molar-refractivity contribution in [1.82, 2.24) is 0 Å². The van der Waals surface area contributed by atoms with Crippen LogP contribution >= 0.6 is 0 Å². The molecular formula is C56H41NO. The SMILES string of the molecule is C1=CC(c2ccc(N(c3ccc(-c4cccc(C5=Cc6ccccc6CC5)c4)cc3)c3cccc(-c4cccc5oc6c7ccccc7ccc6c45)c3)cc2)=CCC1. The summed E-state index contributed by atoms with van der Waals surface area (Å²) in [6.07, 6.45) is 13.6. The largest absolute Gasteiger partial charge is 0.455 e. The first-order valence-corrected chi connectivity index (χ1v) is 20.4. The summed E-state index contributed by atoms with van der Waals surface area (Å²) >= 11 is 0. The fourth-order valence-electron chi connectivity index (χ4n) is 9.05. The van der Waals surface area contributed by atoms with Crippen LogP contribution in [-0.2, 0) is 6.42 Å². The van der Waals surface area contributed by atoms with Gasteiger partial charge in [-0.1, -0.05) is 146 Å². The molecule has 8 aromatic carbocycles. The van der Waals surface area contributed by atoms with Crippen molar-refractivity contribution < 1.29 is 4.42 Å². The van der Waals surface area contributed by atoms with E-state index in [0.29, 0.717) is 0 Å². The Bertz CT molecular complexity index is 3100. The molecule has 2 aliphatic rings. The predicted molar refractivity (Wildman–Crippen MR) is 246 cm³/mol. The molecule has 9 aromatic rings. The quantitative estimate of drug-likeness (QED) is 0.162. The lowest BCUT2D eigenvalue weighted by Crippen LogP contribution is -2.10. The molecule has 0 spiro atoms. The first-order valence-electron chi connectivity index (χ1n) is 20.4. The molecular weight excluding hydrogens is 703 g/mol. The summed E-state index contributed by atoms with van der Waals surface area (Å²) in [4.78, 5) is 2.38. The van der Waals surface area contributed by atoms with Crippen LogP contribution in [-0.4, -0.2) is 0 Å². The van der Waals surface area contributed by atoms with Crippen LogP contribution in [0.1, 0.15) is 41.5 Å². The number of furan rings is 1. The Morgan fingerprint density at radius 1 is 0.483 bits per heavy atom. The van der Waals surface area contributed by atoms with Gasteiger partial charge in [-0.25, -0.2) is 0 Å². The molecule has 0 amide bonds. The number of anilines is 3. The van der Waals surface area contributed by atoms with Crippen molar-refractivity contribution in [3.05, 3.63) is 216 Å². The van der Waals surface area contributed by atoms with Crippen LogP contribution in [0, 0.1) is 0 Å². The van der Waals surface area contributed by atoms with Crippen LogP contribution in [0.25, 0.3) is 72.2 Å². The fraction of sp³-hybridized carbons (Fsp3) is 0.0714. The zero-order chi connectivity index (χ0) is 38.4. The molecule has 2 nitrogen and oxygen atoms in total. The van der Waals surface area contributed by atoms with Gasteiger partial charge in [0, 0.05) is 33.2 Å². The Labute approximate surface area is 339 Å². The monoisotopic (exact) mass is 743 g/mol. The van der Waals surface area contributed by atoms with Gasteiger partial charge in [0.1, 0.15) is 11.2 Å². The first-order chi connectivity index (χ1) is 28.7. The summed E-state index contributed by atoms with van der Waals surface area (Å²) in [6, 6.07) is 64.1. The number of nitrogens with zero attached hydrogens (tertiary/aromatic N) is 1. The average molecular weight is 744 g/mol. The predicted octanol–water partition coefficient (Wildman–Crippen LogP) is 15.8. The number of rotatable bonds is 7. The second kappa shape index (κ2) is 14.4. The van der Waals surface area contributed by atoms with Crippen molar-refractivity contribution >= 4 is 67.0 Å². The molecule has 0 fully saturated rings. The highest BCUT2D eigenvalue weighted by atomic mass is 16.3. The molecule has 11 rings (SSSR count). The van der Waals surface area contributed by atoms with Gasteiger partial charge < -0.3 is 9.32 Å². The van der Waals surface area contributed by atoms with Gasteiger partial charge in [-0.2, -0.15) is 0 Å². The van der Waals surface area contributed by atoms with Gasteiger partial charge in [0.2, 0.25) is 0 Å². The maximum Gasteiger partial charge on any atom is 0.143 e. The molecule has 2 aliphatic carbocycles. The lowest BCUT2D eigenvalue weighted by atomic mass is 9.88. The molecule has 0 radical (unpaired) electrons. The molecule has 0 saturated carbocycles. The summed E-state index contributed by atoms with van der Waals surface area (Å²) in [5.74, 6) is 0. The van der Waals surface area contributed by atoms with E-state index in [1.165, 1.54) is 49.9 Å². The topological polar surface area (TPSA) is 16.4 Å². The number of hydrogen-bond acceptors (Lipinski definition) is 2.